The lowest BCUT2D eigenvalue weighted by molar-refractivity contribution is -0.157. The molecule has 0 saturated heterocycles. The summed E-state index contributed by atoms with van der Waals surface area (Å²) in [6.07, 6.45) is 6.32. The Bertz CT molecular complexity index is 3130. The summed E-state index contributed by atoms with van der Waals surface area (Å²) < 4.78 is 76.0. The second-order valence-electron chi connectivity index (χ2n) is 20.7. The lowest BCUT2D eigenvalue weighted by Gasteiger charge is -2.22. The molecule has 0 fully saturated rings. The molecule has 0 saturated carbocycles. The van der Waals surface area contributed by atoms with E-state index in [2.05, 4.69) is 61.4 Å². The molecule has 0 aromatic heterocycles. The highest BCUT2D eigenvalue weighted by molar-refractivity contribution is 7.89. The minimum absolute atomic E-state index is 0.198. The van der Waals surface area contributed by atoms with Crippen molar-refractivity contribution in [1.82, 2.24) is 9.44 Å². The maximum atomic E-state index is 13.4. The van der Waals surface area contributed by atoms with Gasteiger partial charge in [-0.2, -0.15) is 0 Å². The summed E-state index contributed by atoms with van der Waals surface area (Å²) >= 11 is 0. The largest absolute Gasteiger partial charge is 0.482 e. The van der Waals surface area contributed by atoms with E-state index in [-0.39, 0.29) is 22.4 Å². The van der Waals surface area contributed by atoms with Crippen LogP contribution in [0.2, 0.25) is 0 Å². The molecule has 12 nitrogen and oxygen atoms in total. The molecule has 6 aromatic carbocycles. The molecule has 2 atom stereocenters. The summed E-state index contributed by atoms with van der Waals surface area (Å²) in [5.41, 5.74) is 9.49. The van der Waals surface area contributed by atoms with Gasteiger partial charge in [-0.25, -0.2) is 35.9 Å². The molecule has 0 bridgehead atoms. The van der Waals surface area contributed by atoms with Crippen LogP contribution in [-0.4, -0.2) is 52.7 Å². The Morgan fingerprint density at radius 3 is 1.35 bits per heavy atom. The Morgan fingerprint density at radius 1 is 0.554 bits per heavy atom. The average molecular weight is 1040 g/mol. The molecule has 3 N–H and O–H groups in total. The molecule has 0 radical (unpaired) electrons. The van der Waals surface area contributed by atoms with Crippen LogP contribution >= 0.6 is 0 Å². The van der Waals surface area contributed by atoms with E-state index in [1.807, 2.05) is 93.6 Å². The first-order valence-electron chi connectivity index (χ1n) is 25.6. The first kappa shape index (κ1) is 55.4. The van der Waals surface area contributed by atoms with Crippen molar-refractivity contribution in [2.75, 3.05) is 13.2 Å². The molecule has 0 amide bonds. The Morgan fingerprint density at radius 2 is 0.959 bits per heavy atom. The van der Waals surface area contributed by atoms with E-state index in [4.69, 9.17) is 19.3 Å². The third kappa shape index (κ3) is 14.7. The summed E-state index contributed by atoms with van der Waals surface area (Å²) in [6.45, 7) is 13.4. The minimum atomic E-state index is -3.76. The third-order valence-electron chi connectivity index (χ3n) is 13.2. The van der Waals surface area contributed by atoms with E-state index in [1.54, 1.807) is 36.4 Å². The molecular weight excluding hydrogens is 973 g/mol. The maximum Gasteiger partial charge on any atom is 0.344 e. The third-order valence-corrected chi connectivity index (χ3v) is 16.2. The van der Waals surface area contributed by atoms with Crippen molar-refractivity contribution < 1.29 is 45.7 Å². The van der Waals surface area contributed by atoms with E-state index in [0.29, 0.717) is 42.6 Å². The number of fused-ring (bicyclic) bond motifs is 2. The number of carboxylic acids is 1. The Labute approximate surface area is 438 Å². The molecule has 2 aliphatic carbocycles. The second kappa shape index (κ2) is 24.4. The molecule has 0 heterocycles. The number of ether oxygens (including phenoxy) is 3. The fraction of sp³-hybridized carbons (Fsp3) is 0.367. The highest BCUT2D eigenvalue weighted by atomic mass is 32.2. The van der Waals surface area contributed by atoms with Crippen molar-refractivity contribution in [1.29, 1.82) is 0 Å². The van der Waals surface area contributed by atoms with Crippen LogP contribution in [-0.2, 0) is 47.2 Å². The van der Waals surface area contributed by atoms with Crippen LogP contribution in [0.25, 0.3) is 22.3 Å². The molecule has 6 aromatic rings. The molecule has 8 rings (SSSR count). The van der Waals surface area contributed by atoms with Crippen LogP contribution in [0, 0.1) is 0 Å². The van der Waals surface area contributed by atoms with Crippen LogP contribution in [0.5, 0.6) is 11.5 Å². The fourth-order valence-corrected chi connectivity index (χ4v) is 11.9. The zero-order valence-electron chi connectivity index (χ0n) is 43.5. The van der Waals surface area contributed by atoms with Crippen LogP contribution in [0.15, 0.2) is 143 Å². The normalized spacial score (nSPS) is 15.9. The number of nitrogens with one attached hydrogen (secondary N) is 2. The van der Waals surface area contributed by atoms with Crippen molar-refractivity contribution in [3.8, 4) is 33.8 Å². The number of hydrogen-bond acceptors (Lipinski definition) is 9. The van der Waals surface area contributed by atoms with Crippen molar-refractivity contribution in [2.24, 2.45) is 0 Å². The molecule has 0 spiro atoms. The lowest BCUT2D eigenvalue weighted by atomic mass is 9.97. The molecule has 2 aliphatic rings. The van der Waals surface area contributed by atoms with Crippen molar-refractivity contribution in [3.05, 3.63) is 167 Å². The van der Waals surface area contributed by atoms with Gasteiger partial charge < -0.3 is 19.3 Å². The zero-order valence-corrected chi connectivity index (χ0v) is 45.2. The average Bonchev–Trinajstić information content (AvgIpc) is 3.70. The monoisotopic (exact) mass is 1040 g/mol. The quantitative estimate of drug-likeness (QED) is 0.0625. The first-order valence-corrected chi connectivity index (χ1v) is 28.5. The van der Waals surface area contributed by atoms with Crippen LogP contribution < -0.4 is 18.9 Å². The number of carbonyl (C=O) groups excluding carboxylic acids is 1. The Hall–Kier alpha value is -6.32. The molecule has 14 heteroatoms. The van der Waals surface area contributed by atoms with Crippen LogP contribution in [0.1, 0.15) is 144 Å². The number of benzene rings is 6. The molecule has 0 aliphatic heterocycles. The van der Waals surface area contributed by atoms with Gasteiger partial charge in [-0.1, -0.05) is 138 Å². The van der Waals surface area contributed by atoms with Crippen LogP contribution in [0.3, 0.4) is 0 Å². The summed E-state index contributed by atoms with van der Waals surface area (Å²) in [5, 5.41) is 8.98. The standard InChI is InChI=1S/C32H39NO5S.C28H31NO5S/c1-22(2)24-10-8-11-25(20-24)23-16-18-26(19-17-23)39(35,36)33-29-14-7-6-12-28-27(29)13-9-15-30(28)37-21-31(34)38-32(3,4)5;1-19(2)21-7-5-8-22(17-21)20-13-15-23(16-14-20)35(32,33)29-26-11-4-3-9-25-24(26)10-6-12-27(25)34-18-28(30)31/h8-11,13,15-20,22,29,33H,6-7,12,14,21H2,1-5H3;5-8,10,12-17,19,26,29H,3-4,9,11,18H2,1-2H3,(H,30,31). The van der Waals surface area contributed by atoms with Gasteiger partial charge in [-0.3, -0.25) is 0 Å². The van der Waals surface area contributed by atoms with Gasteiger partial charge in [0.05, 0.1) is 9.79 Å². The summed E-state index contributed by atoms with van der Waals surface area (Å²) in [6, 6.07) is 40.9. The van der Waals surface area contributed by atoms with Gasteiger partial charge in [0.2, 0.25) is 20.0 Å². The summed E-state index contributed by atoms with van der Waals surface area (Å²) in [7, 11) is -7.53. The van der Waals surface area contributed by atoms with Gasteiger partial charge in [0, 0.05) is 12.1 Å². The van der Waals surface area contributed by atoms with Gasteiger partial charge in [-0.05, 0) is 163 Å². The number of carboxylic acid groups (broad SMARTS) is 1. The first-order chi connectivity index (χ1) is 35.2. The lowest BCUT2D eigenvalue weighted by Crippen LogP contribution is -2.29. The molecule has 74 heavy (non-hydrogen) atoms. The topological polar surface area (TPSA) is 174 Å². The Balaban J connectivity index is 0.000000217. The van der Waals surface area contributed by atoms with E-state index in [0.717, 1.165) is 76.6 Å². The van der Waals surface area contributed by atoms with E-state index < -0.39 is 50.2 Å². The molecule has 2 unspecified atom stereocenters. The van der Waals surface area contributed by atoms with Crippen molar-refractivity contribution >= 4 is 32.0 Å². The maximum absolute atomic E-state index is 13.4. The number of sulfonamides is 2. The summed E-state index contributed by atoms with van der Waals surface area (Å²) in [5.74, 6) is 0.440. The van der Waals surface area contributed by atoms with Crippen molar-refractivity contribution in [3.63, 3.8) is 0 Å². The minimum Gasteiger partial charge on any atom is -0.482 e. The highest BCUT2D eigenvalue weighted by Crippen LogP contribution is 2.38. The molecular formula is C60H70N2O10S2. The van der Waals surface area contributed by atoms with E-state index in [9.17, 15) is 26.4 Å². The number of hydrogen-bond donors (Lipinski definition) is 3. The SMILES string of the molecule is CC(C)c1cccc(-c2ccc(S(=O)(=O)NC3CCCCc4c(OCC(=O)O)cccc43)cc2)c1.CC(C)c1cccc(-c2ccc(S(=O)(=O)NC3CCCCc4c(OCC(=O)OC(C)(C)C)cccc43)cc2)c1. The zero-order chi connectivity index (χ0) is 53.2. The molecule has 392 valence electrons. The summed E-state index contributed by atoms with van der Waals surface area (Å²) in [4.78, 5) is 23.6. The predicted molar refractivity (Wildman–Crippen MR) is 291 cm³/mol. The van der Waals surface area contributed by atoms with Gasteiger partial charge in [-0.15, -0.1) is 0 Å². The fourth-order valence-electron chi connectivity index (χ4n) is 9.45. The number of esters is 1. The van der Waals surface area contributed by atoms with Gasteiger partial charge in [0.25, 0.3) is 0 Å². The van der Waals surface area contributed by atoms with Gasteiger partial charge >= 0.3 is 11.9 Å². The highest BCUT2D eigenvalue weighted by Gasteiger charge is 2.29. The van der Waals surface area contributed by atoms with Gasteiger partial charge in [0.15, 0.2) is 13.2 Å². The van der Waals surface area contributed by atoms with E-state index in [1.165, 1.54) is 11.1 Å². The number of aliphatic carboxylic acids is 1. The second-order valence-corrected chi connectivity index (χ2v) is 24.1. The predicted octanol–water partition coefficient (Wildman–Crippen LogP) is 12.6. The van der Waals surface area contributed by atoms with E-state index >= 15 is 0 Å². The Kier molecular flexibility index (Phi) is 18.2. The number of rotatable bonds is 16. The van der Waals surface area contributed by atoms with Gasteiger partial charge in [0.1, 0.15) is 17.1 Å². The number of carbonyl (C=O) groups is 2. The van der Waals surface area contributed by atoms with Crippen molar-refractivity contribution in [2.45, 2.75) is 139 Å². The smallest absolute Gasteiger partial charge is 0.344 e. The van der Waals surface area contributed by atoms with Crippen LogP contribution in [0.4, 0.5) is 0 Å².